The number of nitrogens with one attached hydrogen (secondary N) is 1. The smallest absolute Gasteiger partial charge is 0.134 e. The lowest BCUT2D eigenvalue weighted by Gasteiger charge is -2.00. The van der Waals surface area contributed by atoms with Gasteiger partial charge in [0, 0.05) is 29.9 Å². The molecule has 0 radical (unpaired) electrons. The average Bonchev–Trinajstić information content (AvgIpc) is 2.75. The van der Waals surface area contributed by atoms with Crippen LogP contribution in [0.1, 0.15) is 0 Å². The van der Waals surface area contributed by atoms with Crippen LogP contribution >= 0.6 is 0 Å². The molecule has 2 aromatic rings. The van der Waals surface area contributed by atoms with Gasteiger partial charge in [-0.05, 0) is 19.2 Å². The molecule has 17 heavy (non-hydrogen) atoms. The number of rotatable bonds is 4. The molecule has 0 saturated heterocycles. The van der Waals surface area contributed by atoms with E-state index < -0.39 is 11.6 Å². The van der Waals surface area contributed by atoms with Crippen molar-refractivity contribution in [2.45, 2.75) is 6.54 Å². The summed E-state index contributed by atoms with van der Waals surface area (Å²) in [7, 11) is 1.85. The van der Waals surface area contributed by atoms with Crippen LogP contribution in [0.25, 0.3) is 11.1 Å². The predicted octanol–water partition coefficient (Wildman–Crippen LogP) is 2.05. The quantitative estimate of drug-likeness (QED) is 0.882. The molecule has 0 bridgehead atoms. The number of halogens is 2. The van der Waals surface area contributed by atoms with Crippen LogP contribution < -0.4 is 5.32 Å². The lowest BCUT2D eigenvalue weighted by Crippen LogP contribution is -2.14. The summed E-state index contributed by atoms with van der Waals surface area (Å²) in [6.45, 7) is 1.49. The zero-order valence-electron chi connectivity index (χ0n) is 9.45. The first-order valence-electron chi connectivity index (χ1n) is 5.33. The largest absolute Gasteiger partial charge is 0.318 e. The van der Waals surface area contributed by atoms with Gasteiger partial charge in [0.25, 0.3) is 0 Å². The first kappa shape index (κ1) is 11.7. The molecule has 90 valence electrons. The van der Waals surface area contributed by atoms with E-state index in [1.54, 1.807) is 17.1 Å². The summed E-state index contributed by atoms with van der Waals surface area (Å²) in [6, 6.07) is 3.54. The monoisotopic (exact) mass is 237 g/mol. The second-order valence-corrected chi connectivity index (χ2v) is 3.72. The Morgan fingerprint density at radius 2 is 2.18 bits per heavy atom. The van der Waals surface area contributed by atoms with Gasteiger partial charge in [-0.3, -0.25) is 4.68 Å². The molecule has 2 rings (SSSR count). The topological polar surface area (TPSA) is 29.9 Å². The molecular weight excluding hydrogens is 224 g/mol. The number of aromatic nitrogens is 2. The van der Waals surface area contributed by atoms with E-state index in [9.17, 15) is 8.78 Å². The third-order valence-corrected chi connectivity index (χ3v) is 2.47. The van der Waals surface area contributed by atoms with Crippen LogP contribution in [-0.4, -0.2) is 23.4 Å². The van der Waals surface area contributed by atoms with Gasteiger partial charge in [0.15, 0.2) is 0 Å². The summed E-state index contributed by atoms with van der Waals surface area (Å²) in [5, 5.41) is 7.11. The number of benzene rings is 1. The van der Waals surface area contributed by atoms with Gasteiger partial charge >= 0.3 is 0 Å². The second-order valence-electron chi connectivity index (χ2n) is 3.72. The van der Waals surface area contributed by atoms with Crippen LogP contribution in [0, 0.1) is 11.6 Å². The van der Waals surface area contributed by atoms with Gasteiger partial charge in [-0.15, -0.1) is 0 Å². The van der Waals surface area contributed by atoms with E-state index in [0.717, 1.165) is 12.6 Å². The van der Waals surface area contributed by atoms with Gasteiger partial charge in [-0.25, -0.2) is 8.78 Å². The van der Waals surface area contributed by atoms with E-state index in [-0.39, 0.29) is 0 Å². The van der Waals surface area contributed by atoms with Crippen LogP contribution in [-0.2, 0) is 6.54 Å². The minimum atomic E-state index is -0.575. The summed E-state index contributed by atoms with van der Waals surface area (Å²) >= 11 is 0. The lowest BCUT2D eigenvalue weighted by atomic mass is 10.1. The Morgan fingerprint density at radius 1 is 1.35 bits per heavy atom. The molecule has 0 amide bonds. The van der Waals surface area contributed by atoms with Gasteiger partial charge in [-0.1, -0.05) is 0 Å². The Balaban J connectivity index is 2.24. The van der Waals surface area contributed by atoms with Crippen LogP contribution in [0.4, 0.5) is 8.78 Å². The van der Waals surface area contributed by atoms with E-state index >= 15 is 0 Å². The van der Waals surface area contributed by atoms with Gasteiger partial charge in [0.2, 0.25) is 0 Å². The first-order valence-corrected chi connectivity index (χ1v) is 5.33. The SMILES string of the molecule is CNCCn1cc(-c2ccc(F)cc2F)cn1. The fourth-order valence-electron chi connectivity index (χ4n) is 1.57. The zero-order chi connectivity index (χ0) is 12.3. The molecule has 0 fully saturated rings. The van der Waals surface area contributed by atoms with Crippen molar-refractivity contribution in [3.63, 3.8) is 0 Å². The summed E-state index contributed by atoms with van der Waals surface area (Å²) in [6.07, 6.45) is 3.32. The molecule has 0 spiro atoms. The van der Waals surface area contributed by atoms with Crippen molar-refractivity contribution >= 4 is 0 Å². The van der Waals surface area contributed by atoms with Crippen molar-refractivity contribution < 1.29 is 8.78 Å². The van der Waals surface area contributed by atoms with Gasteiger partial charge in [0.05, 0.1) is 12.7 Å². The molecule has 0 saturated carbocycles. The standard InChI is InChI=1S/C12H13F2N3/c1-15-4-5-17-8-9(7-16-17)11-3-2-10(13)6-12(11)14/h2-3,6-8,15H,4-5H2,1H3. The number of nitrogens with zero attached hydrogens (tertiary/aromatic N) is 2. The summed E-state index contributed by atoms with van der Waals surface area (Å²) in [5.41, 5.74) is 1.01. The van der Waals surface area contributed by atoms with E-state index in [0.29, 0.717) is 17.7 Å². The van der Waals surface area contributed by atoms with Crippen molar-refractivity contribution in [3.05, 3.63) is 42.2 Å². The van der Waals surface area contributed by atoms with E-state index in [1.807, 2.05) is 7.05 Å². The Kier molecular flexibility index (Phi) is 3.49. The predicted molar refractivity (Wildman–Crippen MR) is 61.5 cm³/mol. The Bertz CT molecular complexity index is 508. The molecule has 0 aliphatic carbocycles. The maximum atomic E-state index is 13.5. The minimum Gasteiger partial charge on any atom is -0.318 e. The Labute approximate surface area is 98.1 Å². The molecule has 0 aliphatic rings. The maximum absolute atomic E-state index is 13.5. The van der Waals surface area contributed by atoms with E-state index in [4.69, 9.17) is 0 Å². The van der Waals surface area contributed by atoms with Crippen LogP contribution in [0.2, 0.25) is 0 Å². The number of hydrogen-bond donors (Lipinski definition) is 1. The van der Waals surface area contributed by atoms with Crippen LogP contribution in [0.3, 0.4) is 0 Å². The molecule has 0 aliphatic heterocycles. The minimum absolute atomic E-state index is 0.363. The van der Waals surface area contributed by atoms with E-state index in [1.165, 1.54) is 12.1 Å². The molecule has 1 aromatic carbocycles. The maximum Gasteiger partial charge on any atom is 0.134 e. The molecule has 3 nitrogen and oxygen atoms in total. The van der Waals surface area contributed by atoms with Crippen molar-refractivity contribution in [1.82, 2.24) is 15.1 Å². The van der Waals surface area contributed by atoms with Crippen molar-refractivity contribution in [2.24, 2.45) is 0 Å². The third-order valence-electron chi connectivity index (χ3n) is 2.47. The number of hydrogen-bond acceptors (Lipinski definition) is 2. The summed E-state index contributed by atoms with van der Waals surface area (Å²) in [4.78, 5) is 0. The molecule has 1 heterocycles. The fourth-order valence-corrected chi connectivity index (χ4v) is 1.57. The molecule has 1 N–H and O–H groups in total. The second kappa shape index (κ2) is 5.05. The Morgan fingerprint density at radius 3 is 2.88 bits per heavy atom. The molecule has 1 aromatic heterocycles. The molecule has 0 atom stereocenters. The van der Waals surface area contributed by atoms with Crippen molar-refractivity contribution in [2.75, 3.05) is 13.6 Å². The van der Waals surface area contributed by atoms with Gasteiger partial charge in [0.1, 0.15) is 11.6 Å². The first-order chi connectivity index (χ1) is 8.20. The fraction of sp³-hybridized carbons (Fsp3) is 0.250. The van der Waals surface area contributed by atoms with E-state index in [2.05, 4.69) is 10.4 Å². The van der Waals surface area contributed by atoms with Gasteiger partial charge in [-0.2, -0.15) is 5.10 Å². The lowest BCUT2D eigenvalue weighted by molar-refractivity contribution is 0.583. The highest BCUT2D eigenvalue weighted by Crippen LogP contribution is 2.22. The van der Waals surface area contributed by atoms with Crippen LogP contribution in [0.15, 0.2) is 30.6 Å². The Hall–Kier alpha value is -1.75. The van der Waals surface area contributed by atoms with Crippen molar-refractivity contribution in [3.8, 4) is 11.1 Å². The van der Waals surface area contributed by atoms with Crippen molar-refractivity contribution in [1.29, 1.82) is 0 Å². The highest BCUT2D eigenvalue weighted by atomic mass is 19.1. The van der Waals surface area contributed by atoms with Crippen LogP contribution in [0.5, 0.6) is 0 Å². The normalized spacial score (nSPS) is 10.8. The molecule has 5 heteroatoms. The highest BCUT2D eigenvalue weighted by molar-refractivity contribution is 5.62. The average molecular weight is 237 g/mol. The summed E-state index contributed by atoms with van der Waals surface area (Å²) < 4.78 is 28.0. The third kappa shape index (κ3) is 2.68. The molecular formula is C12H13F2N3. The highest BCUT2D eigenvalue weighted by Gasteiger charge is 2.08. The number of likely N-dealkylation sites (N-methyl/N-ethyl adjacent to an activating group) is 1. The summed E-state index contributed by atoms with van der Waals surface area (Å²) in [5.74, 6) is -1.15. The van der Waals surface area contributed by atoms with Gasteiger partial charge < -0.3 is 5.32 Å². The zero-order valence-corrected chi connectivity index (χ0v) is 9.45. The molecule has 0 unspecified atom stereocenters.